The molecule has 2 aromatic rings. The summed E-state index contributed by atoms with van der Waals surface area (Å²) in [7, 11) is 0. The Kier molecular flexibility index (Phi) is 4.36. The van der Waals surface area contributed by atoms with Crippen LogP contribution in [0.2, 0.25) is 0 Å². The Labute approximate surface area is 115 Å². The second-order valence-electron chi connectivity index (χ2n) is 3.86. The molecule has 3 nitrogen and oxygen atoms in total. The van der Waals surface area contributed by atoms with Gasteiger partial charge in [-0.15, -0.1) is 0 Å². The van der Waals surface area contributed by atoms with Gasteiger partial charge in [0.1, 0.15) is 12.0 Å². The number of benzene rings is 2. The Morgan fingerprint density at radius 1 is 1.11 bits per heavy atom. The van der Waals surface area contributed by atoms with E-state index in [2.05, 4.69) is 0 Å². The van der Waals surface area contributed by atoms with Gasteiger partial charge in [-0.1, -0.05) is 30.0 Å². The Balaban J connectivity index is 2.13. The van der Waals surface area contributed by atoms with Crippen LogP contribution < -0.4 is 4.74 Å². The van der Waals surface area contributed by atoms with Crippen molar-refractivity contribution in [1.82, 2.24) is 0 Å². The van der Waals surface area contributed by atoms with Crippen molar-refractivity contribution in [3.05, 3.63) is 54.1 Å². The fourth-order valence-electron chi connectivity index (χ4n) is 1.52. The molecule has 0 unspecified atom stereocenters. The molecule has 0 aliphatic heterocycles. The van der Waals surface area contributed by atoms with E-state index in [-0.39, 0.29) is 5.97 Å². The summed E-state index contributed by atoms with van der Waals surface area (Å²) >= 11 is 1.54. The van der Waals surface area contributed by atoms with Crippen molar-refractivity contribution in [2.75, 3.05) is 0 Å². The molecule has 0 saturated carbocycles. The summed E-state index contributed by atoms with van der Waals surface area (Å²) in [6.45, 7) is 1.37. The summed E-state index contributed by atoms with van der Waals surface area (Å²) in [6, 6.07) is 14.6. The molecule has 0 amide bonds. The predicted octanol–water partition coefficient (Wildman–Crippen LogP) is 3.58. The molecule has 2 aromatic carbocycles. The summed E-state index contributed by atoms with van der Waals surface area (Å²) in [5.74, 6) is 0.194. The SMILES string of the molecule is CC(=O)Oc1cccc(Sc2ccc(C=O)cc2)c1. The van der Waals surface area contributed by atoms with E-state index >= 15 is 0 Å². The molecule has 0 aliphatic carbocycles. The molecule has 0 N–H and O–H groups in total. The van der Waals surface area contributed by atoms with Gasteiger partial charge in [0.05, 0.1) is 0 Å². The van der Waals surface area contributed by atoms with Gasteiger partial charge in [-0.2, -0.15) is 0 Å². The minimum atomic E-state index is -0.336. The lowest BCUT2D eigenvalue weighted by Crippen LogP contribution is -2.00. The number of esters is 1. The molecule has 4 heteroatoms. The Hall–Kier alpha value is -2.07. The van der Waals surface area contributed by atoms with Gasteiger partial charge in [0.2, 0.25) is 0 Å². The quantitative estimate of drug-likeness (QED) is 0.485. The predicted molar refractivity (Wildman–Crippen MR) is 73.7 cm³/mol. The Morgan fingerprint density at radius 3 is 2.47 bits per heavy atom. The van der Waals surface area contributed by atoms with E-state index in [1.807, 2.05) is 24.3 Å². The van der Waals surface area contributed by atoms with Gasteiger partial charge in [0.15, 0.2) is 0 Å². The Morgan fingerprint density at radius 2 is 1.84 bits per heavy atom. The minimum absolute atomic E-state index is 0.336. The van der Waals surface area contributed by atoms with Crippen LogP contribution in [0.3, 0.4) is 0 Å². The van der Waals surface area contributed by atoms with Crippen LogP contribution in [0, 0.1) is 0 Å². The lowest BCUT2D eigenvalue weighted by atomic mass is 10.2. The van der Waals surface area contributed by atoms with Gasteiger partial charge >= 0.3 is 5.97 Å². The van der Waals surface area contributed by atoms with Gasteiger partial charge in [-0.3, -0.25) is 9.59 Å². The first-order valence-corrected chi connectivity index (χ1v) is 6.50. The van der Waals surface area contributed by atoms with Crippen LogP contribution in [0.1, 0.15) is 17.3 Å². The van der Waals surface area contributed by atoms with Crippen molar-refractivity contribution < 1.29 is 14.3 Å². The molecule has 0 aliphatic rings. The topological polar surface area (TPSA) is 43.4 Å². The summed E-state index contributed by atoms with van der Waals surface area (Å²) < 4.78 is 5.03. The van der Waals surface area contributed by atoms with E-state index in [9.17, 15) is 9.59 Å². The lowest BCUT2D eigenvalue weighted by molar-refractivity contribution is -0.131. The number of hydrogen-bond acceptors (Lipinski definition) is 4. The fraction of sp³-hybridized carbons (Fsp3) is 0.0667. The van der Waals surface area contributed by atoms with Gasteiger partial charge in [-0.05, 0) is 30.3 Å². The highest BCUT2D eigenvalue weighted by Crippen LogP contribution is 2.30. The van der Waals surface area contributed by atoms with Crippen molar-refractivity contribution in [3.8, 4) is 5.75 Å². The van der Waals surface area contributed by atoms with Gasteiger partial charge < -0.3 is 4.74 Å². The molecule has 0 atom stereocenters. The van der Waals surface area contributed by atoms with E-state index in [1.165, 1.54) is 6.92 Å². The maximum atomic E-state index is 10.9. The molecular formula is C15H12O3S. The van der Waals surface area contributed by atoms with Crippen molar-refractivity contribution in [1.29, 1.82) is 0 Å². The summed E-state index contributed by atoms with van der Waals surface area (Å²) in [4.78, 5) is 23.4. The summed E-state index contributed by atoms with van der Waals surface area (Å²) in [5.41, 5.74) is 0.651. The minimum Gasteiger partial charge on any atom is -0.427 e. The molecule has 0 spiro atoms. The summed E-state index contributed by atoms with van der Waals surface area (Å²) in [5, 5.41) is 0. The third kappa shape index (κ3) is 3.96. The van der Waals surface area contributed by atoms with Crippen molar-refractivity contribution in [3.63, 3.8) is 0 Å². The Bertz CT molecular complexity index is 591. The van der Waals surface area contributed by atoms with Crippen molar-refractivity contribution >= 4 is 24.0 Å². The number of hydrogen-bond donors (Lipinski definition) is 0. The monoisotopic (exact) mass is 272 g/mol. The van der Waals surface area contributed by atoms with E-state index in [4.69, 9.17) is 4.74 Å². The molecule has 0 radical (unpaired) electrons. The molecule has 19 heavy (non-hydrogen) atoms. The molecule has 0 fully saturated rings. The average molecular weight is 272 g/mol. The van der Waals surface area contributed by atoms with Gasteiger partial charge in [0.25, 0.3) is 0 Å². The first kappa shape index (κ1) is 13.4. The molecular weight excluding hydrogens is 260 g/mol. The maximum Gasteiger partial charge on any atom is 0.308 e. The van der Waals surface area contributed by atoms with E-state index in [1.54, 1.807) is 36.0 Å². The molecule has 0 heterocycles. The van der Waals surface area contributed by atoms with Gasteiger partial charge in [-0.25, -0.2) is 0 Å². The molecule has 0 aromatic heterocycles. The zero-order valence-electron chi connectivity index (χ0n) is 10.3. The first-order valence-electron chi connectivity index (χ1n) is 5.69. The van der Waals surface area contributed by atoms with E-state index < -0.39 is 0 Å². The second-order valence-corrected chi connectivity index (χ2v) is 5.00. The second kappa shape index (κ2) is 6.20. The summed E-state index contributed by atoms with van der Waals surface area (Å²) in [6.07, 6.45) is 0.815. The number of carbonyl (C=O) groups is 2. The number of carbonyl (C=O) groups excluding carboxylic acids is 2. The standard InChI is InChI=1S/C15H12O3S/c1-11(17)18-13-3-2-4-15(9-13)19-14-7-5-12(10-16)6-8-14/h2-10H,1H3. The molecule has 96 valence electrons. The van der Waals surface area contributed by atoms with Crippen LogP contribution in [0.15, 0.2) is 58.3 Å². The highest BCUT2D eigenvalue weighted by molar-refractivity contribution is 7.99. The maximum absolute atomic E-state index is 10.9. The molecule has 0 bridgehead atoms. The average Bonchev–Trinajstić information content (AvgIpc) is 2.39. The number of rotatable bonds is 4. The van der Waals surface area contributed by atoms with Crippen molar-refractivity contribution in [2.24, 2.45) is 0 Å². The van der Waals surface area contributed by atoms with Crippen LogP contribution in [0.5, 0.6) is 5.75 Å². The first-order chi connectivity index (χ1) is 9.17. The zero-order valence-corrected chi connectivity index (χ0v) is 11.1. The van der Waals surface area contributed by atoms with Crippen LogP contribution in [-0.2, 0) is 4.79 Å². The normalized spacial score (nSPS) is 9.95. The smallest absolute Gasteiger partial charge is 0.308 e. The fourth-order valence-corrected chi connectivity index (χ4v) is 2.38. The van der Waals surface area contributed by atoms with Crippen LogP contribution in [0.25, 0.3) is 0 Å². The lowest BCUT2D eigenvalue weighted by Gasteiger charge is -2.05. The van der Waals surface area contributed by atoms with Crippen LogP contribution in [-0.4, -0.2) is 12.3 Å². The van der Waals surface area contributed by atoms with Crippen molar-refractivity contribution in [2.45, 2.75) is 16.7 Å². The molecule has 0 saturated heterocycles. The number of aldehydes is 1. The number of ether oxygens (including phenoxy) is 1. The van der Waals surface area contributed by atoms with Gasteiger partial charge in [0, 0.05) is 22.3 Å². The van der Waals surface area contributed by atoms with Crippen LogP contribution >= 0.6 is 11.8 Å². The van der Waals surface area contributed by atoms with Crippen LogP contribution in [0.4, 0.5) is 0 Å². The van der Waals surface area contributed by atoms with E-state index in [0.717, 1.165) is 16.1 Å². The zero-order chi connectivity index (χ0) is 13.7. The van der Waals surface area contributed by atoms with E-state index in [0.29, 0.717) is 11.3 Å². The third-order valence-electron chi connectivity index (χ3n) is 2.32. The highest BCUT2D eigenvalue weighted by atomic mass is 32.2. The highest BCUT2D eigenvalue weighted by Gasteiger charge is 2.02. The molecule has 2 rings (SSSR count). The third-order valence-corrected chi connectivity index (χ3v) is 3.32. The largest absolute Gasteiger partial charge is 0.427 e.